The number of hydrogen-bond donors (Lipinski definition) is 2. The first-order chi connectivity index (χ1) is 14.0. The highest BCUT2D eigenvalue weighted by atomic mass is 16.5. The molecule has 0 radical (unpaired) electrons. The third-order valence-electron chi connectivity index (χ3n) is 5.49. The van der Waals surface area contributed by atoms with Crippen LogP contribution in [0.25, 0.3) is 0 Å². The molecule has 29 heavy (non-hydrogen) atoms. The predicted octanol–water partition coefficient (Wildman–Crippen LogP) is 0.615. The van der Waals surface area contributed by atoms with Crippen LogP contribution >= 0.6 is 0 Å². The van der Waals surface area contributed by atoms with Crippen molar-refractivity contribution in [2.24, 2.45) is 0 Å². The number of Topliss-reactive ketones (excluding diaryl/α,β-unsaturated/α-hetero) is 2. The van der Waals surface area contributed by atoms with Crippen molar-refractivity contribution in [3.05, 3.63) is 35.2 Å². The zero-order valence-electron chi connectivity index (χ0n) is 16.4. The standard InChI is InChI=1S/C19H24BN5O4/c1-12(26)17-6-2-4-13-8-14(20(28)29-19(13)17)9-16(27)10-18-22-24-25(23-18)11-15-5-3-7-21-15/h2,4,6,14-15,21,28H,3,5,7-11H2,1H3/t14-,15?/m1/s1. The first-order valence-electron chi connectivity index (χ1n) is 9.99. The Bertz CT molecular complexity index is 912. The van der Waals surface area contributed by atoms with Crippen LogP contribution in [0, 0.1) is 0 Å². The number of nitrogens with zero attached hydrogens (tertiary/aromatic N) is 4. The average molecular weight is 397 g/mol. The lowest BCUT2D eigenvalue weighted by atomic mass is 9.64. The van der Waals surface area contributed by atoms with E-state index in [0.29, 0.717) is 36.1 Å². The van der Waals surface area contributed by atoms with Gasteiger partial charge in [0.15, 0.2) is 11.6 Å². The lowest BCUT2D eigenvalue weighted by Gasteiger charge is -2.28. The quantitative estimate of drug-likeness (QED) is 0.516. The second-order valence-electron chi connectivity index (χ2n) is 7.80. The molecule has 2 N–H and O–H groups in total. The summed E-state index contributed by atoms with van der Waals surface area (Å²) in [7, 11) is -1.14. The van der Waals surface area contributed by atoms with E-state index in [9.17, 15) is 14.6 Å². The van der Waals surface area contributed by atoms with Crippen LogP contribution < -0.4 is 9.97 Å². The van der Waals surface area contributed by atoms with Crippen molar-refractivity contribution in [1.82, 2.24) is 25.5 Å². The van der Waals surface area contributed by atoms with Gasteiger partial charge in [0.1, 0.15) is 11.5 Å². The minimum atomic E-state index is -1.14. The maximum absolute atomic E-state index is 12.5. The average Bonchev–Trinajstić information content (AvgIpc) is 3.34. The third kappa shape index (κ3) is 4.54. The van der Waals surface area contributed by atoms with Crippen LogP contribution in [0.5, 0.6) is 5.75 Å². The molecule has 2 aromatic rings. The van der Waals surface area contributed by atoms with Crippen LogP contribution in [0.1, 0.15) is 47.9 Å². The van der Waals surface area contributed by atoms with Gasteiger partial charge in [0.2, 0.25) is 0 Å². The highest BCUT2D eigenvalue weighted by molar-refractivity contribution is 6.47. The Hall–Kier alpha value is -2.59. The molecule has 0 bridgehead atoms. The van der Waals surface area contributed by atoms with Gasteiger partial charge in [-0.05, 0) is 49.6 Å². The van der Waals surface area contributed by atoms with E-state index in [-0.39, 0.29) is 30.2 Å². The molecule has 0 spiro atoms. The highest BCUT2D eigenvalue weighted by Crippen LogP contribution is 2.36. The molecule has 1 aromatic heterocycles. The van der Waals surface area contributed by atoms with E-state index in [1.165, 1.54) is 11.7 Å². The largest absolute Gasteiger partial charge is 0.535 e. The monoisotopic (exact) mass is 397 g/mol. The molecule has 9 nitrogen and oxygen atoms in total. The molecule has 152 valence electrons. The number of carbonyl (C=O) groups is 2. The van der Waals surface area contributed by atoms with Crippen LogP contribution in [0.2, 0.25) is 5.82 Å². The molecule has 1 unspecified atom stereocenters. The van der Waals surface area contributed by atoms with Gasteiger partial charge in [0.25, 0.3) is 0 Å². The zero-order valence-corrected chi connectivity index (χ0v) is 16.4. The number of nitrogens with one attached hydrogen (secondary N) is 1. The second-order valence-corrected chi connectivity index (χ2v) is 7.80. The van der Waals surface area contributed by atoms with Gasteiger partial charge in [-0.25, -0.2) is 0 Å². The predicted molar refractivity (Wildman–Crippen MR) is 105 cm³/mol. The summed E-state index contributed by atoms with van der Waals surface area (Å²) in [4.78, 5) is 25.8. The van der Waals surface area contributed by atoms with Crippen LogP contribution in [0.4, 0.5) is 0 Å². The minimum Gasteiger partial charge on any atom is -0.535 e. The number of rotatable bonds is 7. The number of tetrazole rings is 1. The topological polar surface area (TPSA) is 119 Å². The molecule has 4 rings (SSSR count). The van der Waals surface area contributed by atoms with E-state index >= 15 is 0 Å². The summed E-state index contributed by atoms with van der Waals surface area (Å²) in [5, 5.41) is 26.0. The van der Waals surface area contributed by atoms with Crippen molar-refractivity contribution >= 4 is 18.7 Å². The molecule has 3 heterocycles. The summed E-state index contributed by atoms with van der Waals surface area (Å²) in [5.41, 5.74) is 1.28. The zero-order chi connectivity index (χ0) is 20.4. The molecular formula is C19H24BN5O4. The van der Waals surface area contributed by atoms with Gasteiger partial charge in [-0.15, -0.1) is 10.2 Å². The van der Waals surface area contributed by atoms with Crippen LogP contribution in [0.3, 0.4) is 0 Å². The fourth-order valence-electron chi connectivity index (χ4n) is 4.01. The molecule has 0 saturated carbocycles. The Morgan fingerprint density at radius 3 is 3.03 bits per heavy atom. The maximum atomic E-state index is 12.5. The van der Waals surface area contributed by atoms with Crippen LogP contribution in [-0.2, 0) is 24.2 Å². The molecule has 1 fully saturated rings. The molecule has 2 atom stereocenters. The van der Waals surface area contributed by atoms with Gasteiger partial charge in [0.05, 0.1) is 18.5 Å². The Balaban J connectivity index is 1.36. The van der Waals surface area contributed by atoms with Gasteiger partial charge < -0.3 is 15.0 Å². The number of benzene rings is 1. The number of fused-ring (bicyclic) bond motifs is 1. The number of hydrogen-bond acceptors (Lipinski definition) is 8. The Morgan fingerprint density at radius 1 is 1.41 bits per heavy atom. The SMILES string of the molecule is CC(=O)c1cccc2c1OB(O)[C@@H](CC(=O)Cc1nnn(CC3CCCN3)n1)C2. The van der Waals surface area contributed by atoms with E-state index in [4.69, 9.17) is 4.65 Å². The summed E-state index contributed by atoms with van der Waals surface area (Å²) in [5.74, 6) is 0.225. The molecule has 2 aliphatic rings. The molecule has 0 amide bonds. The molecule has 1 saturated heterocycles. The highest BCUT2D eigenvalue weighted by Gasteiger charge is 2.37. The number of para-hydroxylation sites is 1. The van der Waals surface area contributed by atoms with E-state index in [1.54, 1.807) is 12.1 Å². The van der Waals surface area contributed by atoms with E-state index in [2.05, 4.69) is 20.7 Å². The third-order valence-corrected chi connectivity index (χ3v) is 5.49. The first kappa shape index (κ1) is 19.7. The molecule has 2 aliphatic heterocycles. The summed E-state index contributed by atoms with van der Waals surface area (Å²) >= 11 is 0. The van der Waals surface area contributed by atoms with Crippen molar-refractivity contribution in [2.75, 3.05) is 6.54 Å². The molecule has 10 heteroatoms. The van der Waals surface area contributed by atoms with E-state index < -0.39 is 7.12 Å². The summed E-state index contributed by atoms with van der Waals surface area (Å²) in [6, 6.07) is 5.67. The number of carbonyl (C=O) groups excluding carboxylic acids is 2. The number of ketones is 2. The lowest BCUT2D eigenvalue weighted by Crippen LogP contribution is -2.36. The van der Waals surface area contributed by atoms with Gasteiger partial charge in [0, 0.05) is 18.3 Å². The van der Waals surface area contributed by atoms with Crippen molar-refractivity contribution in [2.45, 2.75) is 57.4 Å². The Morgan fingerprint density at radius 2 is 2.28 bits per heavy atom. The van der Waals surface area contributed by atoms with Crippen molar-refractivity contribution in [3.8, 4) is 5.75 Å². The molecule has 0 aliphatic carbocycles. The Kier molecular flexibility index (Phi) is 5.73. The first-order valence-corrected chi connectivity index (χ1v) is 9.99. The number of aromatic nitrogens is 4. The second kappa shape index (κ2) is 8.42. The smallest absolute Gasteiger partial charge is 0.526 e. The minimum absolute atomic E-state index is 0.0711. The van der Waals surface area contributed by atoms with Gasteiger partial charge in [-0.3, -0.25) is 9.59 Å². The summed E-state index contributed by atoms with van der Waals surface area (Å²) < 4.78 is 5.59. The summed E-state index contributed by atoms with van der Waals surface area (Å²) in [6.07, 6.45) is 2.91. The maximum Gasteiger partial charge on any atom is 0.526 e. The van der Waals surface area contributed by atoms with Gasteiger partial charge >= 0.3 is 7.12 Å². The fraction of sp³-hybridized carbons (Fsp3) is 0.526. The van der Waals surface area contributed by atoms with Crippen molar-refractivity contribution < 1.29 is 19.3 Å². The van der Waals surface area contributed by atoms with Gasteiger partial charge in [-0.1, -0.05) is 12.1 Å². The fourth-order valence-corrected chi connectivity index (χ4v) is 4.01. The molecular weight excluding hydrogens is 373 g/mol. The molecule has 1 aromatic carbocycles. The van der Waals surface area contributed by atoms with Crippen molar-refractivity contribution in [3.63, 3.8) is 0 Å². The van der Waals surface area contributed by atoms with E-state index in [1.807, 2.05) is 6.07 Å². The lowest BCUT2D eigenvalue weighted by molar-refractivity contribution is -0.118. The summed E-state index contributed by atoms with van der Waals surface area (Å²) in [6.45, 7) is 3.11. The Labute approximate surface area is 169 Å². The van der Waals surface area contributed by atoms with Crippen molar-refractivity contribution in [1.29, 1.82) is 0 Å². The van der Waals surface area contributed by atoms with Crippen LogP contribution in [-0.4, -0.2) is 56.5 Å². The van der Waals surface area contributed by atoms with Crippen LogP contribution in [0.15, 0.2) is 18.2 Å². The van der Waals surface area contributed by atoms with Gasteiger partial charge in [-0.2, -0.15) is 4.80 Å². The normalized spacial score (nSPS) is 21.0. The van der Waals surface area contributed by atoms with E-state index in [0.717, 1.165) is 24.9 Å².